The molecule has 19 heteroatoms. The average Bonchev–Trinajstić information content (AvgIpc) is 3.67. The normalized spacial score (nSPS) is 19.5. The summed E-state index contributed by atoms with van der Waals surface area (Å²) in [6.07, 6.45) is 4.23. The molecule has 1 aromatic heterocycles. The summed E-state index contributed by atoms with van der Waals surface area (Å²) in [5.74, 6) is -5.65. The van der Waals surface area contributed by atoms with Crippen molar-refractivity contribution in [3.8, 4) is 0 Å². The predicted molar refractivity (Wildman–Crippen MR) is 211 cm³/mol. The highest BCUT2D eigenvalue weighted by Gasteiger charge is 2.33. The number of nitrogens with two attached hydrogens (primary N) is 1. The highest BCUT2D eigenvalue weighted by Crippen LogP contribution is 2.11. The molecule has 1 aliphatic rings. The minimum atomic E-state index is -1.58. The van der Waals surface area contributed by atoms with Crippen molar-refractivity contribution in [3.05, 3.63) is 83.2 Å². The standard InChI is InChI=1S/C39H51N11O8/c1-2-28-23-50(49-48-28)22-26-13-15-27(16-14-26)35(54)42-18-7-6-11-30-37(56)45-29(12-8-17-41-24-40)36(55)43-21-33(51)44-32(20-34(52)53)39(58)47-31(38(57)46-30)19-25-9-4-3-5-10-25/h3-5,9-10,13-16,23-24,29-32H,2,6-8,11-12,17-22H2,1H3,(H2,40,41)(H,42,54)(H,43,55)(H,44,51)(H,45,56)(H,46,57)(H,47,58)(H,52,53). The molecule has 0 aliphatic carbocycles. The van der Waals surface area contributed by atoms with Gasteiger partial charge in [-0.25, -0.2) is 4.68 Å². The quantitative estimate of drug-likeness (QED) is 0.0482. The lowest BCUT2D eigenvalue weighted by Gasteiger charge is -2.26. The van der Waals surface area contributed by atoms with Crippen molar-refractivity contribution in [2.75, 3.05) is 19.6 Å². The molecule has 2 aromatic carbocycles. The first-order chi connectivity index (χ1) is 27.9. The Morgan fingerprint density at radius 2 is 1.50 bits per heavy atom. The molecule has 1 saturated heterocycles. The zero-order valence-electron chi connectivity index (χ0n) is 32.3. The fourth-order valence-corrected chi connectivity index (χ4v) is 6.10. The Hall–Kier alpha value is -6.66. The van der Waals surface area contributed by atoms with Crippen molar-refractivity contribution >= 4 is 47.8 Å². The first kappa shape index (κ1) is 44.1. The molecule has 4 rings (SSSR count). The van der Waals surface area contributed by atoms with Gasteiger partial charge in [0.2, 0.25) is 29.5 Å². The van der Waals surface area contributed by atoms with Crippen LogP contribution in [0, 0.1) is 0 Å². The Morgan fingerprint density at radius 1 is 0.845 bits per heavy atom. The van der Waals surface area contributed by atoms with Gasteiger partial charge < -0.3 is 42.7 Å². The van der Waals surface area contributed by atoms with Gasteiger partial charge in [-0.15, -0.1) is 5.10 Å². The van der Waals surface area contributed by atoms with E-state index in [4.69, 9.17) is 5.73 Å². The third-order valence-corrected chi connectivity index (χ3v) is 9.23. The van der Waals surface area contributed by atoms with Gasteiger partial charge in [-0.3, -0.25) is 38.6 Å². The van der Waals surface area contributed by atoms with Crippen molar-refractivity contribution in [3.63, 3.8) is 0 Å². The number of rotatable bonds is 17. The Labute approximate surface area is 335 Å². The van der Waals surface area contributed by atoms with Crippen LogP contribution in [-0.4, -0.2) is 112 Å². The van der Waals surface area contributed by atoms with Crippen LogP contribution in [0.25, 0.3) is 0 Å². The molecule has 0 saturated carbocycles. The maximum absolute atomic E-state index is 13.9. The van der Waals surface area contributed by atoms with Crippen LogP contribution in [0.1, 0.15) is 72.6 Å². The van der Waals surface area contributed by atoms with E-state index >= 15 is 0 Å². The minimum absolute atomic E-state index is 0.0297. The van der Waals surface area contributed by atoms with E-state index < -0.39 is 72.6 Å². The van der Waals surface area contributed by atoms with Gasteiger partial charge in [0.25, 0.3) is 5.91 Å². The van der Waals surface area contributed by atoms with Crippen LogP contribution >= 0.6 is 0 Å². The summed E-state index contributed by atoms with van der Waals surface area (Å²) in [6.45, 7) is 2.39. The second-order valence-corrected chi connectivity index (χ2v) is 13.7. The molecule has 0 spiro atoms. The molecule has 19 nitrogen and oxygen atoms in total. The number of nitrogens with one attached hydrogen (secondary N) is 6. The van der Waals surface area contributed by atoms with Crippen LogP contribution < -0.4 is 37.6 Å². The van der Waals surface area contributed by atoms with E-state index in [1.807, 2.05) is 25.3 Å². The summed E-state index contributed by atoms with van der Waals surface area (Å²) in [4.78, 5) is 95.8. The third kappa shape index (κ3) is 14.4. The number of carbonyl (C=O) groups is 7. The van der Waals surface area contributed by atoms with Crippen LogP contribution in [0.4, 0.5) is 0 Å². The summed E-state index contributed by atoms with van der Waals surface area (Å²) in [5, 5.41) is 33.3. The summed E-state index contributed by atoms with van der Waals surface area (Å²) in [6, 6.07) is 10.6. The highest BCUT2D eigenvalue weighted by molar-refractivity contribution is 5.98. The van der Waals surface area contributed by atoms with Crippen LogP contribution in [0.5, 0.6) is 0 Å². The third-order valence-electron chi connectivity index (χ3n) is 9.23. The molecule has 4 atom stereocenters. The second kappa shape index (κ2) is 22.8. The van der Waals surface area contributed by atoms with Crippen molar-refractivity contribution in [2.45, 2.75) is 89.0 Å². The molecule has 6 amide bonds. The largest absolute Gasteiger partial charge is 0.481 e. The number of hydrogen-bond donors (Lipinski definition) is 8. The van der Waals surface area contributed by atoms with Crippen LogP contribution in [-0.2, 0) is 48.2 Å². The van der Waals surface area contributed by atoms with E-state index in [2.05, 4.69) is 47.2 Å². The Balaban J connectivity index is 1.48. The summed E-state index contributed by atoms with van der Waals surface area (Å²) >= 11 is 0. The molecule has 1 fully saturated rings. The van der Waals surface area contributed by atoms with E-state index in [0.717, 1.165) is 24.0 Å². The molecule has 0 radical (unpaired) electrons. The van der Waals surface area contributed by atoms with Gasteiger partial charge in [-0.1, -0.05) is 54.6 Å². The SMILES string of the molecule is CCc1cn(Cc2ccc(C(=O)NCCCCC3NC(=O)C(Cc4ccccc4)NC(=O)C(CC(=O)O)NC(=O)CNC(=O)C(CCCN=CN)NC3=O)cc2)nn1. The van der Waals surface area contributed by atoms with Crippen molar-refractivity contribution < 1.29 is 38.7 Å². The predicted octanol–water partition coefficient (Wildman–Crippen LogP) is -0.657. The zero-order chi connectivity index (χ0) is 41.9. The van der Waals surface area contributed by atoms with Crippen molar-refractivity contribution in [1.29, 1.82) is 0 Å². The van der Waals surface area contributed by atoms with E-state index in [1.54, 1.807) is 47.1 Å². The number of carboxylic acid groups (broad SMARTS) is 1. The molecular formula is C39H51N11O8. The fourth-order valence-electron chi connectivity index (χ4n) is 6.10. The van der Waals surface area contributed by atoms with E-state index in [0.29, 0.717) is 36.9 Å². The first-order valence-corrected chi connectivity index (χ1v) is 19.2. The molecule has 9 N–H and O–H groups in total. The Kier molecular flexibility index (Phi) is 17.3. The highest BCUT2D eigenvalue weighted by atomic mass is 16.4. The zero-order valence-corrected chi connectivity index (χ0v) is 32.3. The van der Waals surface area contributed by atoms with Gasteiger partial charge in [0.1, 0.15) is 24.2 Å². The summed E-state index contributed by atoms with van der Waals surface area (Å²) in [7, 11) is 0. The maximum Gasteiger partial charge on any atom is 0.305 e. The Morgan fingerprint density at radius 3 is 2.17 bits per heavy atom. The maximum atomic E-state index is 13.9. The lowest BCUT2D eigenvalue weighted by molar-refractivity contribution is -0.141. The van der Waals surface area contributed by atoms with Gasteiger partial charge in [-0.2, -0.15) is 0 Å². The minimum Gasteiger partial charge on any atom is -0.481 e. The molecule has 1 aliphatic heterocycles. The van der Waals surface area contributed by atoms with Gasteiger partial charge in [0.15, 0.2) is 0 Å². The number of unbranched alkanes of at least 4 members (excludes halogenated alkanes) is 1. The molecule has 58 heavy (non-hydrogen) atoms. The molecule has 0 bridgehead atoms. The summed E-state index contributed by atoms with van der Waals surface area (Å²) in [5.41, 5.74) is 8.29. The van der Waals surface area contributed by atoms with Gasteiger partial charge in [0.05, 0.1) is 31.5 Å². The lowest BCUT2D eigenvalue weighted by Crippen LogP contribution is -2.58. The molecular weight excluding hydrogens is 750 g/mol. The molecule has 2 heterocycles. The number of aryl methyl sites for hydroxylation is 1. The number of carbonyl (C=O) groups excluding carboxylic acids is 6. The van der Waals surface area contributed by atoms with E-state index in [9.17, 15) is 38.7 Å². The van der Waals surface area contributed by atoms with E-state index in [-0.39, 0.29) is 38.3 Å². The van der Waals surface area contributed by atoms with Crippen LogP contribution in [0.2, 0.25) is 0 Å². The molecule has 310 valence electrons. The van der Waals surface area contributed by atoms with Gasteiger partial charge in [0, 0.05) is 31.3 Å². The van der Waals surface area contributed by atoms with Crippen LogP contribution in [0.3, 0.4) is 0 Å². The fraction of sp³-hybridized carbons (Fsp3) is 0.436. The monoisotopic (exact) mass is 801 g/mol. The van der Waals surface area contributed by atoms with Gasteiger partial charge in [-0.05, 0) is 61.8 Å². The topological polar surface area (TPSA) is 281 Å². The van der Waals surface area contributed by atoms with Crippen molar-refractivity contribution in [1.82, 2.24) is 46.9 Å². The number of aliphatic imine (C=N–C) groups is 1. The Bertz CT molecular complexity index is 1900. The molecule has 3 aromatic rings. The van der Waals surface area contributed by atoms with Crippen LogP contribution in [0.15, 0.2) is 65.8 Å². The van der Waals surface area contributed by atoms with Gasteiger partial charge >= 0.3 is 5.97 Å². The number of aromatic nitrogens is 3. The van der Waals surface area contributed by atoms with Crippen molar-refractivity contribution in [2.24, 2.45) is 10.7 Å². The number of amides is 6. The number of aliphatic carboxylic acids is 1. The lowest BCUT2D eigenvalue weighted by atomic mass is 10.0. The van der Waals surface area contributed by atoms with E-state index in [1.165, 1.54) is 0 Å². The average molecular weight is 802 g/mol. The number of hydrogen-bond acceptors (Lipinski definition) is 10. The first-order valence-electron chi connectivity index (χ1n) is 19.2. The smallest absolute Gasteiger partial charge is 0.305 e. The number of benzene rings is 2. The summed E-state index contributed by atoms with van der Waals surface area (Å²) < 4.78 is 1.73. The number of nitrogens with zero attached hydrogens (tertiary/aromatic N) is 4. The number of carboxylic acids is 1. The second-order valence-electron chi connectivity index (χ2n) is 13.7. The molecule has 4 unspecified atom stereocenters.